The number of aromatic nitrogens is 1. The number of aromatic amines is 1. The van der Waals surface area contributed by atoms with E-state index in [9.17, 15) is 14.0 Å². The molecular weight excluding hydrogens is 350 g/mol. The van der Waals surface area contributed by atoms with Gasteiger partial charge in [-0.15, -0.1) is 0 Å². The van der Waals surface area contributed by atoms with E-state index in [0.29, 0.717) is 18.6 Å². The van der Waals surface area contributed by atoms with Crippen LogP contribution in [0.25, 0.3) is 0 Å². The minimum Gasteiger partial charge on any atom is -0.487 e. The Morgan fingerprint density at radius 1 is 1.19 bits per heavy atom. The van der Waals surface area contributed by atoms with E-state index >= 15 is 0 Å². The van der Waals surface area contributed by atoms with Crippen LogP contribution in [0.15, 0.2) is 30.5 Å². The number of rotatable bonds is 5. The summed E-state index contributed by atoms with van der Waals surface area (Å²) in [4.78, 5) is 3.22. The van der Waals surface area contributed by atoms with Crippen molar-refractivity contribution in [3.05, 3.63) is 47.3 Å². The van der Waals surface area contributed by atoms with Gasteiger partial charge in [0.15, 0.2) is 11.5 Å². The van der Waals surface area contributed by atoms with Gasteiger partial charge in [0.25, 0.3) is 0 Å². The van der Waals surface area contributed by atoms with Gasteiger partial charge in [-0.3, -0.25) is 0 Å². The van der Waals surface area contributed by atoms with Gasteiger partial charge in [-0.1, -0.05) is 6.07 Å². The molecule has 1 fully saturated rings. The maximum absolute atomic E-state index is 12.8. The standard InChI is InChI=1S/C21H22F2N2O2/c22-20(23)27-18-6-5-15(11-19(18)26-16-3-1-2-4-16)21(13-24)9-7-17-14(12-21)8-10-25-17/h5-6,8,10-11,16,20,25H,1-4,7,9,12H2. The Labute approximate surface area is 157 Å². The molecule has 1 aromatic heterocycles. The second-order valence-electron chi connectivity index (χ2n) is 7.42. The number of nitrogens with one attached hydrogen (secondary N) is 1. The molecule has 27 heavy (non-hydrogen) atoms. The molecular formula is C21H22F2N2O2. The van der Waals surface area contributed by atoms with Crippen molar-refractivity contribution >= 4 is 0 Å². The van der Waals surface area contributed by atoms with Crippen molar-refractivity contribution in [2.24, 2.45) is 0 Å². The monoisotopic (exact) mass is 372 g/mol. The third kappa shape index (κ3) is 3.51. The molecule has 0 spiro atoms. The van der Waals surface area contributed by atoms with Gasteiger partial charge in [0.1, 0.15) is 0 Å². The largest absolute Gasteiger partial charge is 0.487 e. The highest BCUT2D eigenvalue weighted by molar-refractivity contribution is 5.49. The van der Waals surface area contributed by atoms with Gasteiger partial charge in [0, 0.05) is 11.9 Å². The van der Waals surface area contributed by atoms with Crippen LogP contribution in [-0.4, -0.2) is 17.7 Å². The lowest BCUT2D eigenvalue weighted by Gasteiger charge is -2.32. The van der Waals surface area contributed by atoms with E-state index < -0.39 is 12.0 Å². The summed E-state index contributed by atoms with van der Waals surface area (Å²) in [6.07, 6.45) is 7.94. The Kier molecular flexibility index (Phi) is 4.77. The zero-order valence-electron chi connectivity index (χ0n) is 15.0. The van der Waals surface area contributed by atoms with Crippen LogP contribution in [0.5, 0.6) is 11.5 Å². The lowest BCUT2D eigenvalue weighted by atomic mass is 9.70. The molecule has 4 rings (SSSR count). The summed E-state index contributed by atoms with van der Waals surface area (Å²) >= 11 is 0. The molecule has 0 bridgehead atoms. The van der Waals surface area contributed by atoms with Crippen molar-refractivity contribution in [1.29, 1.82) is 5.26 Å². The first kappa shape index (κ1) is 17.8. The quantitative estimate of drug-likeness (QED) is 0.813. The fourth-order valence-corrected chi connectivity index (χ4v) is 4.27. The number of nitriles is 1. The van der Waals surface area contributed by atoms with E-state index in [1.807, 2.05) is 12.3 Å². The molecule has 1 saturated carbocycles. The van der Waals surface area contributed by atoms with Gasteiger partial charge in [-0.25, -0.2) is 0 Å². The molecule has 0 aliphatic heterocycles. The molecule has 1 heterocycles. The fraction of sp³-hybridized carbons (Fsp3) is 0.476. The first-order chi connectivity index (χ1) is 13.1. The minimum atomic E-state index is -2.91. The molecule has 1 N–H and O–H groups in total. The fourth-order valence-electron chi connectivity index (χ4n) is 4.27. The number of alkyl halides is 2. The molecule has 2 aromatic rings. The molecule has 2 aliphatic rings. The molecule has 4 nitrogen and oxygen atoms in total. The summed E-state index contributed by atoms with van der Waals surface area (Å²) in [5.74, 6) is 0.348. The van der Waals surface area contributed by atoms with Crippen molar-refractivity contribution in [3.63, 3.8) is 0 Å². The average Bonchev–Trinajstić information content (AvgIpc) is 3.33. The van der Waals surface area contributed by atoms with Crippen LogP contribution in [0.1, 0.15) is 48.9 Å². The van der Waals surface area contributed by atoms with E-state index in [1.54, 1.807) is 12.1 Å². The second kappa shape index (κ2) is 7.22. The molecule has 142 valence electrons. The van der Waals surface area contributed by atoms with Crippen LogP contribution in [0.2, 0.25) is 0 Å². The van der Waals surface area contributed by atoms with E-state index in [0.717, 1.165) is 43.2 Å². The van der Waals surface area contributed by atoms with E-state index in [-0.39, 0.29) is 11.9 Å². The number of H-pyrrole nitrogens is 1. The Morgan fingerprint density at radius 3 is 2.74 bits per heavy atom. The molecule has 6 heteroatoms. The van der Waals surface area contributed by atoms with Crippen molar-refractivity contribution in [3.8, 4) is 17.6 Å². The SMILES string of the molecule is N#CC1(c2ccc(OC(F)F)c(OC3CCCC3)c2)CCc2[nH]ccc2C1. The van der Waals surface area contributed by atoms with Gasteiger partial charge in [0.2, 0.25) is 0 Å². The topological polar surface area (TPSA) is 58.0 Å². The average molecular weight is 372 g/mol. The molecule has 1 unspecified atom stereocenters. The summed E-state index contributed by atoms with van der Waals surface area (Å²) in [5.41, 5.74) is 2.41. The highest BCUT2D eigenvalue weighted by atomic mass is 19.3. The van der Waals surface area contributed by atoms with Gasteiger partial charge in [-0.2, -0.15) is 14.0 Å². The number of halogens is 2. The predicted octanol–water partition coefficient (Wildman–Crippen LogP) is 4.89. The van der Waals surface area contributed by atoms with Crippen molar-refractivity contribution in [1.82, 2.24) is 4.98 Å². The predicted molar refractivity (Wildman–Crippen MR) is 96.1 cm³/mol. The van der Waals surface area contributed by atoms with Crippen LogP contribution < -0.4 is 9.47 Å². The van der Waals surface area contributed by atoms with E-state index in [2.05, 4.69) is 15.8 Å². The second-order valence-corrected chi connectivity index (χ2v) is 7.42. The molecule has 2 aliphatic carbocycles. The molecule has 0 saturated heterocycles. The number of hydrogen-bond acceptors (Lipinski definition) is 3. The Bertz CT molecular complexity index is 852. The zero-order valence-corrected chi connectivity index (χ0v) is 15.0. The third-order valence-electron chi connectivity index (χ3n) is 5.75. The van der Waals surface area contributed by atoms with Crippen LogP contribution in [0.4, 0.5) is 8.78 Å². The normalized spacial score (nSPS) is 22.4. The van der Waals surface area contributed by atoms with Gasteiger partial charge < -0.3 is 14.5 Å². The Morgan fingerprint density at radius 2 is 2.00 bits per heavy atom. The lowest BCUT2D eigenvalue weighted by Crippen LogP contribution is -2.31. The number of benzene rings is 1. The summed E-state index contributed by atoms with van der Waals surface area (Å²) in [6.45, 7) is -2.91. The summed E-state index contributed by atoms with van der Waals surface area (Å²) in [6, 6.07) is 9.46. The van der Waals surface area contributed by atoms with Crippen LogP contribution >= 0.6 is 0 Å². The van der Waals surface area contributed by atoms with Crippen molar-refractivity contribution < 1.29 is 18.3 Å². The van der Waals surface area contributed by atoms with Crippen LogP contribution in [-0.2, 0) is 18.3 Å². The Hall–Kier alpha value is -2.55. The van der Waals surface area contributed by atoms with E-state index in [1.165, 1.54) is 11.8 Å². The lowest BCUT2D eigenvalue weighted by molar-refractivity contribution is -0.0520. The minimum absolute atomic E-state index is 0.0148. The van der Waals surface area contributed by atoms with E-state index in [4.69, 9.17) is 4.74 Å². The molecule has 1 atom stereocenters. The van der Waals surface area contributed by atoms with Gasteiger partial charge >= 0.3 is 6.61 Å². The number of aryl methyl sites for hydroxylation is 1. The Balaban J connectivity index is 1.68. The summed E-state index contributed by atoms with van der Waals surface area (Å²) in [5, 5.41) is 10.00. The number of fused-ring (bicyclic) bond motifs is 1. The van der Waals surface area contributed by atoms with Gasteiger partial charge in [0.05, 0.1) is 17.6 Å². The zero-order chi connectivity index (χ0) is 18.9. The highest BCUT2D eigenvalue weighted by Crippen LogP contribution is 2.42. The van der Waals surface area contributed by atoms with Gasteiger partial charge in [-0.05, 0) is 74.3 Å². The maximum Gasteiger partial charge on any atom is 0.387 e. The maximum atomic E-state index is 12.8. The van der Waals surface area contributed by atoms with Crippen LogP contribution in [0.3, 0.4) is 0 Å². The summed E-state index contributed by atoms with van der Waals surface area (Å²) < 4.78 is 36.3. The number of hydrogen-bond donors (Lipinski definition) is 1. The van der Waals surface area contributed by atoms with Crippen molar-refractivity contribution in [2.45, 2.75) is 63.1 Å². The molecule has 1 aromatic carbocycles. The number of ether oxygens (including phenoxy) is 2. The smallest absolute Gasteiger partial charge is 0.387 e. The van der Waals surface area contributed by atoms with Crippen molar-refractivity contribution in [2.75, 3.05) is 0 Å². The highest BCUT2D eigenvalue weighted by Gasteiger charge is 2.37. The molecule has 0 radical (unpaired) electrons. The number of nitrogens with zero attached hydrogens (tertiary/aromatic N) is 1. The molecule has 0 amide bonds. The van der Waals surface area contributed by atoms with Crippen LogP contribution in [0, 0.1) is 11.3 Å². The third-order valence-corrected chi connectivity index (χ3v) is 5.75. The summed E-state index contributed by atoms with van der Waals surface area (Å²) in [7, 11) is 0. The first-order valence-electron chi connectivity index (χ1n) is 9.42. The first-order valence-corrected chi connectivity index (χ1v) is 9.42.